The van der Waals surface area contributed by atoms with E-state index < -0.39 is 0 Å². The molecule has 2 saturated heterocycles. The maximum atomic E-state index is 10.6. The molecule has 0 saturated carbocycles. The number of aliphatic hydroxyl groups excluding tert-OH is 1. The number of imidazole rings is 1. The van der Waals surface area contributed by atoms with Gasteiger partial charge in [-0.25, -0.2) is 4.98 Å². The van der Waals surface area contributed by atoms with Crippen molar-refractivity contribution in [2.75, 3.05) is 39.3 Å². The van der Waals surface area contributed by atoms with Crippen LogP contribution in [0.4, 0.5) is 0 Å². The third-order valence-corrected chi connectivity index (χ3v) is 5.34. The van der Waals surface area contributed by atoms with E-state index >= 15 is 0 Å². The van der Waals surface area contributed by atoms with Crippen LogP contribution in [0.25, 0.3) is 0 Å². The van der Waals surface area contributed by atoms with E-state index in [0.717, 1.165) is 39.3 Å². The number of hydrogen-bond acceptors (Lipinski definition) is 5. The standard InChI is InChI=1S/C18H32N4O2/c1-14-4-6-20(12-18(14)22-7-5-19-13-22)10-17(23)11-21-8-15(2)24-16(3)9-21/h5,7,13-18,23H,4,6,8-12H2,1-3H3. The van der Waals surface area contributed by atoms with Gasteiger partial charge in [-0.15, -0.1) is 0 Å². The van der Waals surface area contributed by atoms with Gasteiger partial charge in [0.25, 0.3) is 0 Å². The Bertz CT molecular complexity index is 485. The van der Waals surface area contributed by atoms with Crippen LogP contribution in [-0.4, -0.2) is 82.0 Å². The zero-order valence-corrected chi connectivity index (χ0v) is 15.2. The molecule has 0 bridgehead atoms. The summed E-state index contributed by atoms with van der Waals surface area (Å²) in [5.41, 5.74) is 0. The lowest BCUT2D eigenvalue weighted by molar-refractivity contribution is -0.0786. The van der Waals surface area contributed by atoms with Gasteiger partial charge in [0.1, 0.15) is 0 Å². The summed E-state index contributed by atoms with van der Waals surface area (Å²) in [5.74, 6) is 0.647. The molecule has 3 heterocycles. The first-order valence-electron chi connectivity index (χ1n) is 9.27. The molecule has 2 fully saturated rings. The highest BCUT2D eigenvalue weighted by Crippen LogP contribution is 2.27. The lowest BCUT2D eigenvalue weighted by Crippen LogP contribution is -2.51. The molecule has 5 unspecified atom stereocenters. The largest absolute Gasteiger partial charge is 0.390 e. The van der Waals surface area contributed by atoms with Gasteiger partial charge in [-0.05, 0) is 32.7 Å². The highest BCUT2D eigenvalue weighted by Gasteiger charge is 2.29. The first kappa shape index (κ1) is 17.9. The number of aromatic nitrogens is 2. The highest BCUT2D eigenvalue weighted by molar-refractivity contribution is 4.89. The third kappa shape index (κ3) is 4.57. The predicted molar refractivity (Wildman–Crippen MR) is 93.9 cm³/mol. The van der Waals surface area contributed by atoms with Gasteiger partial charge in [0.2, 0.25) is 0 Å². The van der Waals surface area contributed by atoms with E-state index in [9.17, 15) is 5.11 Å². The topological polar surface area (TPSA) is 53.8 Å². The third-order valence-electron chi connectivity index (χ3n) is 5.34. The molecule has 5 atom stereocenters. The molecule has 0 spiro atoms. The molecular weight excluding hydrogens is 304 g/mol. The van der Waals surface area contributed by atoms with Crippen LogP contribution in [0.2, 0.25) is 0 Å². The lowest BCUT2D eigenvalue weighted by Gasteiger charge is -2.40. The van der Waals surface area contributed by atoms with E-state index in [-0.39, 0.29) is 18.3 Å². The normalized spacial score (nSPS) is 34.3. The van der Waals surface area contributed by atoms with Crippen LogP contribution in [0.5, 0.6) is 0 Å². The number of rotatable bonds is 5. The fourth-order valence-electron chi connectivity index (χ4n) is 4.22. The minimum absolute atomic E-state index is 0.252. The Labute approximate surface area is 145 Å². The summed E-state index contributed by atoms with van der Waals surface area (Å²) in [7, 11) is 0. The number of likely N-dealkylation sites (tertiary alicyclic amines) is 1. The summed E-state index contributed by atoms with van der Waals surface area (Å²) in [5, 5.41) is 10.6. The summed E-state index contributed by atoms with van der Waals surface area (Å²) in [6.45, 7) is 11.9. The van der Waals surface area contributed by atoms with Crippen molar-refractivity contribution in [2.24, 2.45) is 5.92 Å². The average molecular weight is 336 g/mol. The van der Waals surface area contributed by atoms with Crippen LogP contribution in [0, 0.1) is 5.92 Å². The Kier molecular flexibility index (Phi) is 5.92. The minimum Gasteiger partial charge on any atom is -0.390 e. The van der Waals surface area contributed by atoms with Crippen molar-refractivity contribution < 1.29 is 9.84 Å². The van der Waals surface area contributed by atoms with Crippen molar-refractivity contribution in [2.45, 2.75) is 51.5 Å². The van der Waals surface area contributed by atoms with E-state index in [0.29, 0.717) is 12.0 Å². The summed E-state index contributed by atoms with van der Waals surface area (Å²) in [4.78, 5) is 8.93. The van der Waals surface area contributed by atoms with Crippen LogP contribution in [0.15, 0.2) is 18.7 Å². The Morgan fingerprint density at radius 2 is 1.83 bits per heavy atom. The van der Waals surface area contributed by atoms with Crippen molar-refractivity contribution in [3.05, 3.63) is 18.7 Å². The number of piperidine rings is 1. The van der Waals surface area contributed by atoms with Crippen molar-refractivity contribution in [1.82, 2.24) is 19.4 Å². The van der Waals surface area contributed by atoms with Crippen LogP contribution in [0.3, 0.4) is 0 Å². The second-order valence-corrected chi connectivity index (χ2v) is 7.73. The van der Waals surface area contributed by atoms with E-state index in [1.54, 1.807) is 0 Å². The molecule has 0 radical (unpaired) electrons. The molecule has 6 heteroatoms. The molecule has 3 rings (SSSR count). The summed E-state index contributed by atoms with van der Waals surface area (Å²) < 4.78 is 7.99. The van der Waals surface area contributed by atoms with Crippen molar-refractivity contribution in [3.63, 3.8) is 0 Å². The molecule has 136 valence electrons. The number of β-amino-alcohol motifs (C(OH)–C–C–N with tert-alkyl or cyclic N) is 1. The number of aliphatic hydroxyl groups is 1. The molecule has 1 aromatic heterocycles. The summed E-state index contributed by atoms with van der Waals surface area (Å²) >= 11 is 0. The molecule has 0 amide bonds. The second kappa shape index (κ2) is 7.95. The highest BCUT2D eigenvalue weighted by atomic mass is 16.5. The average Bonchev–Trinajstić information content (AvgIpc) is 3.02. The molecule has 2 aliphatic rings. The van der Waals surface area contributed by atoms with Gasteiger partial charge < -0.3 is 14.4 Å². The zero-order valence-electron chi connectivity index (χ0n) is 15.2. The van der Waals surface area contributed by atoms with E-state index in [1.165, 1.54) is 6.42 Å². The van der Waals surface area contributed by atoms with Gasteiger partial charge in [0.15, 0.2) is 0 Å². The lowest BCUT2D eigenvalue weighted by atomic mass is 9.93. The Morgan fingerprint density at radius 3 is 2.50 bits per heavy atom. The molecule has 1 N–H and O–H groups in total. The maximum absolute atomic E-state index is 10.6. The maximum Gasteiger partial charge on any atom is 0.0949 e. The molecule has 1 aromatic rings. The SMILES string of the molecule is CC1CN(CC(O)CN2CCC(C)C(n3ccnc3)C2)CC(C)O1. The molecule has 6 nitrogen and oxygen atoms in total. The van der Waals surface area contributed by atoms with Crippen LogP contribution < -0.4 is 0 Å². The fourth-order valence-corrected chi connectivity index (χ4v) is 4.22. The quantitative estimate of drug-likeness (QED) is 0.877. The van der Waals surface area contributed by atoms with Crippen LogP contribution in [0.1, 0.15) is 33.2 Å². The fraction of sp³-hybridized carbons (Fsp3) is 0.833. The van der Waals surface area contributed by atoms with E-state index in [2.05, 4.69) is 46.3 Å². The first-order valence-corrected chi connectivity index (χ1v) is 9.27. The van der Waals surface area contributed by atoms with Crippen LogP contribution in [-0.2, 0) is 4.74 Å². The predicted octanol–water partition coefficient (Wildman–Crippen LogP) is 1.24. The Morgan fingerprint density at radius 1 is 1.12 bits per heavy atom. The number of morpholine rings is 1. The molecule has 0 aromatic carbocycles. The number of ether oxygens (including phenoxy) is 1. The summed E-state index contributed by atoms with van der Waals surface area (Å²) in [6.07, 6.45) is 7.18. The van der Waals surface area contributed by atoms with Crippen molar-refractivity contribution in [3.8, 4) is 0 Å². The molecule has 2 aliphatic heterocycles. The van der Waals surface area contributed by atoms with Gasteiger partial charge in [0, 0.05) is 51.2 Å². The van der Waals surface area contributed by atoms with Gasteiger partial charge in [0.05, 0.1) is 24.6 Å². The Balaban J connectivity index is 1.50. The molecule has 0 aliphatic carbocycles. The van der Waals surface area contributed by atoms with Gasteiger partial charge >= 0.3 is 0 Å². The smallest absolute Gasteiger partial charge is 0.0949 e. The minimum atomic E-state index is -0.306. The van der Waals surface area contributed by atoms with E-state index in [4.69, 9.17) is 4.74 Å². The molecule has 24 heavy (non-hydrogen) atoms. The number of hydrogen-bond donors (Lipinski definition) is 1. The van der Waals surface area contributed by atoms with E-state index in [1.807, 2.05) is 12.5 Å². The van der Waals surface area contributed by atoms with Gasteiger partial charge in [-0.1, -0.05) is 6.92 Å². The van der Waals surface area contributed by atoms with Gasteiger partial charge in [-0.2, -0.15) is 0 Å². The Hall–Kier alpha value is -0.950. The zero-order chi connectivity index (χ0) is 17.1. The second-order valence-electron chi connectivity index (χ2n) is 7.73. The van der Waals surface area contributed by atoms with Crippen molar-refractivity contribution in [1.29, 1.82) is 0 Å². The summed E-state index contributed by atoms with van der Waals surface area (Å²) in [6, 6.07) is 0.455. The van der Waals surface area contributed by atoms with Gasteiger partial charge in [-0.3, -0.25) is 9.80 Å². The van der Waals surface area contributed by atoms with Crippen LogP contribution >= 0.6 is 0 Å². The number of nitrogens with zero attached hydrogens (tertiary/aromatic N) is 4. The monoisotopic (exact) mass is 336 g/mol. The molecular formula is C18H32N4O2. The van der Waals surface area contributed by atoms with Crippen molar-refractivity contribution >= 4 is 0 Å². The first-order chi connectivity index (χ1) is 11.5.